The van der Waals surface area contributed by atoms with Gasteiger partial charge in [-0.1, -0.05) is 29.7 Å². The van der Waals surface area contributed by atoms with Crippen LogP contribution >= 0.6 is 0 Å². The molecule has 6 heavy (non-hydrogen) atoms. The van der Waals surface area contributed by atoms with Crippen LogP contribution in [0.1, 0.15) is 29.7 Å². The molecular weight excluding hydrogens is 254 g/mol. The third-order valence-electron chi connectivity index (χ3n) is 0. The van der Waals surface area contributed by atoms with Gasteiger partial charge in [0.15, 0.2) is 0 Å². The Labute approximate surface area is 68.6 Å². The van der Waals surface area contributed by atoms with E-state index in [1.807, 2.05) is 0 Å². The van der Waals surface area contributed by atoms with Crippen molar-refractivity contribution < 1.29 is 39.0 Å². The van der Waals surface area contributed by atoms with E-state index in [0.29, 0.717) is 0 Å². The van der Waals surface area contributed by atoms with Crippen LogP contribution in [0.2, 0.25) is 0 Å². The normalized spacial score (nSPS) is 0. The summed E-state index contributed by atoms with van der Waals surface area (Å²) in [6.45, 7) is 0. The van der Waals surface area contributed by atoms with Crippen molar-refractivity contribution in [2.24, 2.45) is 0 Å². The molecule has 0 amide bonds. The van der Waals surface area contributed by atoms with Gasteiger partial charge in [-0.25, -0.2) is 0 Å². The molecule has 0 aliphatic rings. The standard InChI is InChI=1S/4CH4.2Rh/h4*1H4;;. The summed E-state index contributed by atoms with van der Waals surface area (Å²) < 4.78 is 0. The second kappa shape index (κ2) is 111. The van der Waals surface area contributed by atoms with Crippen LogP contribution in [0.5, 0.6) is 0 Å². The van der Waals surface area contributed by atoms with Crippen molar-refractivity contribution in [2.75, 3.05) is 0 Å². The summed E-state index contributed by atoms with van der Waals surface area (Å²) in [4.78, 5) is 0. The molecule has 0 saturated heterocycles. The van der Waals surface area contributed by atoms with E-state index in [-0.39, 0.29) is 68.7 Å². The molecule has 0 rings (SSSR count). The van der Waals surface area contributed by atoms with E-state index >= 15 is 0 Å². The van der Waals surface area contributed by atoms with Gasteiger partial charge in [-0.3, -0.25) is 0 Å². The summed E-state index contributed by atoms with van der Waals surface area (Å²) in [7, 11) is 0. The zero-order valence-corrected chi connectivity index (χ0v) is 3.94. The Morgan fingerprint density at radius 1 is 0.333 bits per heavy atom. The molecule has 0 aromatic heterocycles. The van der Waals surface area contributed by atoms with Crippen LogP contribution in [0.25, 0.3) is 0 Å². The monoisotopic (exact) mass is 270 g/mol. The average Bonchev–Trinajstić information content (AvgIpc) is 0. The third kappa shape index (κ3) is 60.9. The molecule has 0 N–H and O–H groups in total. The van der Waals surface area contributed by atoms with Gasteiger partial charge in [0, 0.05) is 39.0 Å². The van der Waals surface area contributed by atoms with Gasteiger partial charge in [0.25, 0.3) is 0 Å². The Kier molecular flexibility index (Phi) is 3350. The molecule has 0 aromatic rings. The molecule has 0 aliphatic heterocycles. The molecule has 0 saturated carbocycles. The molecule has 2 heteroatoms. The number of rotatable bonds is 0. The summed E-state index contributed by atoms with van der Waals surface area (Å²) >= 11 is 0. The van der Waals surface area contributed by atoms with Crippen LogP contribution in [0, 0.1) is 0 Å². The molecule has 0 unspecified atom stereocenters. The zero-order chi connectivity index (χ0) is 0. The minimum Gasteiger partial charge on any atom is -0.0776 e. The van der Waals surface area contributed by atoms with Crippen molar-refractivity contribution in [3.63, 3.8) is 0 Å². The third-order valence-corrected chi connectivity index (χ3v) is 0. The van der Waals surface area contributed by atoms with Gasteiger partial charge in [-0.2, -0.15) is 0 Å². The van der Waals surface area contributed by atoms with E-state index in [2.05, 4.69) is 0 Å². The minimum atomic E-state index is 0. The van der Waals surface area contributed by atoms with Crippen molar-refractivity contribution >= 4 is 0 Å². The van der Waals surface area contributed by atoms with Crippen LogP contribution < -0.4 is 0 Å². The van der Waals surface area contributed by atoms with Gasteiger partial charge < -0.3 is 0 Å². The molecule has 0 fully saturated rings. The Morgan fingerprint density at radius 2 is 0.333 bits per heavy atom. The van der Waals surface area contributed by atoms with E-state index in [9.17, 15) is 0 Å². The summed E-state index contributed by atoms with van der Waals surface area (Å²) in [5.74, 6) is 0. The molecule has 2 radical (unpaired) electrons. The summed E-state index contributed by atoms with van der Waals surface area (Å²) in [5, 5.41) is 0. The fourth-order valence-corrected chi connectivity index (χ4v) is 0. The summed E-state index contributed by atoms with van der Waals surface area (Å²) in [6.07, 6.45) is 0. The number of hydrogen-bond acceptors (Lipinski definition) is 0. The summed E-state index contributed by atoms with van der Waals surface area (Å²) in [5.41, 5.74) is 0. The molecule has 0 nitrogen and oxygen atoms in total. The maximum Gasteiger partial charge on any atom is 0 e. The molecule has 50 valence electrons. The smallest absolute Gasteiger partial charge is 0 e. The van der Waals surface area contributed by atoms with Crippen LogP contribution in [0.15, 0.2) is 0 Å². The van der Waals surface area contributed by atoms with E-state index < -0.39 is 0 Å². The SMILES string of the molecule is C.C.C.C.[Rh].[Rh]. The second-order valence-electron chi connectivity index (χ2n) is 0. The molecule has 0 atom stereocenters. The molecule has 0 heterocycles. The van der Waals surface area contributed by atoms with Crippen LogP contribution in [0.3, 0.4) is 0 Å². The predicted molar refractivity (Wildman–Crippen MR) is 26.9 cm³/mol. The molecule has 0 aliphatic carbocycles. The maximum absolute atomic E-state index is 0. The van der Waals surface area contributed by atoms with Gasteiger partial charge in [-0.05, 0) is 0 Å². The van der Waals surface area contributed by atoms with Crippen LogP contribution in [-0.4, -0.2) is 0 Å². The van der Waals surface area contributed by atoms with Crippen LogP contribution in [0.4, 0.5) is 0 Å². The van der Waals surface area contributed by atoms with Gasteiger partial charge in [0.05, 0.1) is 0 Å². The van der Waals surface area contributed by atoms with Crippen molar-refractivity contribution in [1.29, 1.82) is 0 Å². The van der Waals surface area contributed by atoms with E-state index in [4.69, 9.17) is 0 Å². The van der Waals surface area contributed by atoms with E-state index in [1.54, 1.807) is 0 Å². The Balaban J connectivity index is 0. The average molecular weight is 270 g/mol. The Morgan fingerprint density at radius 3 is 0.333 bits per heavy atom. The Bertz CT molecular complexity index is 5.51. The zero-order valence-electron chi connectivity index (χ0n) is 0.667. The van der Waals surface area contributed by atoms with Gasteiger partial charge in [0.2, 0.25) is 0 Å². The first-order chi connectivity index (χ1) is 0. The molecule has 0 bridgehead atoms. The van der Waals surface area contributed by atoms with Gasteiger partial charge in [-0.15, -0.1) is 0 Å². The van der Waals surface area contributed by atoms with Gasteiger partial charge >= 0.3 is 0 Å². The van der Waals surface area contributed by atoms with Crippen molar-refractivity contribution in [3.8, 4) is 0 Å². The van der Waals surface area contributed by atoms with E-state index in [0.717, 1.165) is 0 Å². The maximum atomic E-state index is 0. The van der Waals surface area contributed by atoms with Crippen molar-refractivity contribution in [2.45, 2.75) is 29.7 Å². The first kappa shape index (κ1) is 182. The minimum absolute atomic E-state index is 0. The van der Waals surface area contributed by atoms with Gasteiger partial charge in [0.1, 0.15) is 0 Å². The predicted octanol–water partition coefficient (Wildman–Crippen LogP) is 2.54. The number of hydrogen-bond donors (Lipinski definition) is 0. The first-order valence-electron chi connectivity index (χ1n) is 0. The molecule has 0 spiro atoms. The summed E-state index contributed by atoms with van der Waals surface area (Å²) in [6, 6.07) is 0. The first-order valence-corrected chi connectivity index (χ1v) is 0. The largest absolute Gasteiger partial charge is 0.0776 e. The van der Waals surface area contributed by atoms with E-state index in [1.165, 1.54) is 0 Å². The molecule has 0 aromatic carbocycles. The quantitative estimate of drug-likeness (QED) is 0.593. The second-order valence-corrected chi connectivity index (χ2v) is 0. The topological polar surface area (TPSA) is 0 Å². The van der Waals surface area contributed by atoms with Crippen molar-refractivity contribution in [3.05, 3.63) is 0 Å². The van der Waals surface area contributed by atoms with Crippen LogP contribution in [-0.2, 0) is 39.0 Å². The Hall–Kier alpha value is 1.25. The molecular formula is C4H16Rh2. The fraction of sp³-hybridized carbons (Fsp3) is 1.00. The fourth-order valence-electron chi connectivity index (χ4n) is 0. The van der Waals surface area contributed by atoms with Crippen molar-refractivity contribution in [1.82, 2.24) is 0 Å².